The lowest BCUT2D eigenvalue weighted by Crippen LogP contribution is -2.28. The summed E-state index contributed by atoms with van der Waals surface area (Å²) in [7, 11) is 1.97. The highest BCUT2D eigenvalue weighted by atomic mass is 16.5. The summed E-state index contributed by atoms with van der Waals surface area (Å²) < 4.78 is 5.38. The third kappa shape index (κ3) is 2.34. The van der Waals surface area contributed by atoms with Gasteiger partial charge in [0.2, 0.25) is 0 Å². The van der Waals surface area contributed by atoms with Crippen molar-refractivity contribution in [2.75, 3.05) is 13.2 Å². The fourth-order valence-electron chi connectivity index (χ4n) is 1.26. The molecular formula is C10H11BNO. The van der Waals surface area contributed by atoms with E-state index in [2.05, 4.69) is 4.99 Å². The normalized spacial score (nSPS) is 15.8. The molecule has 2 nitrogen and oxygen atoms in total. The van der Waals surface area contributed by atoms with Crippen LogP contribution in [-0.4, -0.2) is 26.2 Å². The zero-order valence-electron chi connectivity index (χ0n) is 7.44. The topological polar surface area (TPSA) is 21.6 Å². The summed E-state index contributed by atoms with van der Waals surface area (Å²) in [5.41, 5.74) is 1.14. The van der Waals surface area contributed by atoms with Crippen LogP contribution >= 0.6 is 0 Å². The van der Waals surface area contributed by atoms with Crippen LogP contribution in [0.5, 0.6) is 0 Å². The molecule has 0 saturated heterocycles. The van der Waals surface area contributed by atoms with E-state index >= 15 is 0 Å². The van der Waals surface area contributed by atoms with E-state index in [1.54, 1.807) is 0 Å². The molecule has 0 spiro atoms. The van der Waals surface area contributed by atoms with Gasteiger partial charge >= 0.3 is 0 Å². The lowest BCUT2D eigenvalue weighted by atomic mass is 9.70. The van der Waals surface area contributed by atoms with Crippen molar-refractivity contribution in [1.82, 2.24) is 0 Å². The van der Waals surface area contributed by atoms with Crippen molar-refractivity contribution < 1.29 is 4.74 Å². The Morgan fingerprint density at radius 2 is 2.08 bits per heavy atom. The van der Waals surface area contributed by atoms with Crippen LogP contribution in [0.25, 0.3) is 0 Å². The van der Waals surface area contributed by atoms with Crippen molar-refractivity contribution in [3.63, 3.8) is 0 Å². The Bertz CT molecular complexity index is 297. The van der Waals surface area contributed by atoms with E-state index in [1.165, 1.54) is 0 Å². The minimum Gasteiger partial charge on any atom is -0.490 e. The molecule has 0 aliphatic carbocycles. The monoisotopic (exact) mass is 172 g/mol. The Morgan fingerprint density at radius 3 is 2.77 bits per heavy atom. The van der Waals surface area contributed by atoms with Crippen molar-refractivity contribution in [3.05, 3.63) is 30.3 Å². The van der Waals surface area contributed by atoms with Gasteiger partial charge < -0.3 is 4.74 Å². The predicted molar refractivity (Wildman–Crippen MR) is 54.7 cm³/mol. The number of nitrogens with zero attached hydrogens (tertiary/aromatic N) is 1. The summed E-state index contributed by atoms with van der Waals surface area (Å²) >= 11 is 0. The van der Waals surface area contributed by atoms with Crippen LogP contribution in [-0.2, 0) is 4.74 Å². The second-order valence-electron chi connectivity index (χ2n) is 2.98. The Hall–Kier alpha value is -1.25. The average molecular weight is 172 g/mol. The predicted octanol–water partition coefficient (Wildman–Crippen LogP) is 0.792. The second kappa shape index (κ2) is 4.12. The van der Waals surface area contributed by atoms with Crippen LogP contribution in [0.1, 0.15) is 6.42 Å². The van der Waals surface area contributed by atoms with Crippen LogP contribution in [0, 0.1) is 0 Å². The molecule has 0 aromatic heterocycles. The first-order valence-corrected chi connectivity index (χ1v) is 4.52. The van der Waals surface area contributed by atoms with Gasteiger partial charge in [0.1, 0.15) is 5.80 Å². The van der Waals surface area contributed by atoms with Gasteiger partial charge in [0.15, 0.2) is 0 Å². The third-order valence-electron chi connectivity index (χ3n) is 1.91. The first-order valence-electron chi connectivity index (χ1n) is 4.52. The molecule has 1 aromatic carbocycles. The Kier molecular flexibility index (Phi) is 2.65. The maximum atomic E-state index is 5.38. The Balaban J connectivity index is 2.01. The van der Waals surface area contributed by atoms with Crippen molar-refractivity contribution in [1.29, 1.82) is 0 Å². The van der Waals surface area contributed by atoms with Crippen molar-refractivity contribution in [3.8, 4) is 0 Å². The van der Waals surface area contributed by atoms with Gasteiger partial charge in [-0.3, -0.25) is 4.99 Å². The van der Waals surface area contributed by atoms with Crippen molar-refractivity contribution in [2.24, 2.45) is 4.99 Å². The smallest absolute Gasteiger partial charge is 0.266 e. The number of rotatable bonds is 2. The van der Waals surface area contributed by atoms with Gasteiger partial charge in [-0.05, 0) is 0 Å². The molecule has 2 rings (SSSR count). The van der Waals surface area contributed by atoms with Crippen LogP contribution in [0.4, 0.5) is 0 Å². The SMILES string of the molecule is [B](C1=NCCCO1)c1ccccc1. The van der Waals surface area contributed by atoms with Crippen LogP contribution in [0.3, 0.4) is 0 Å². The Morgan fingerprint density at radius 1 is 1.23 bits per heavy atom. The van der Waals surface area contributed by atoms with E-state index in [0.29, 0.717) is 0 Å². The number of aliphatic imine (C=N–C) groups is 1. The molecule has 1 aromatic rings. The Labute approximate surface area is 78.9 Å². The molecule has 13 heavy (non-hydrogen) atoms. The van der Waals surface area contributed by atoms with Gasteiger partial charge in [-0.1, -0.05) is 35.8 Å². The minimum absolute atomic E-state index is 0.762. The van der Waals surface area contributed by atoms with Gasteiger partial charge in [-0.2, -0.15) is 0 Å². The lowest BCUT2D eigenvalue weighted by Gasteiger charge is -2.13. The summed E-state index contributed by atoms with van der Waals surface area (Å²) in [5, 5.41) is 0. The number of hydrogen-bond acceptors (Lipinski definition) is 2. The van der Waals surface area contributed by atoms with E-state index < -0.39 is 0 Å². The molecule has 65 valence electrons. The second-order valence-corrected chi connectivity index (χ2v) is 2.98. The van der Waals surface area contributed by atoms with E-state index in [0.717, 1.165) is 30.8 Å². The van der Waals surface area contributed by atoms with Gasteiger partial charge in [-0.15, -0.1) is 0 Å². The quantitative estimate of drug-likeness (QED) is 0.604. The van der Waals surface area contributed by atoms with Crippen molar-refractivity contribution in [2.45, 2.75) is 6.42 Å². The van der Waals surface area contributed by atoms with E-state index in [-0.39, 0.29) is 0 Å². The van der Waals surface area contributed by atoms with E-state index in [4.69, 9.17) is 4.74 Å². The summed E-state index contributed by atoms with van der Waals surface area (Å²) in [6.07, 6.45) is 1.03. The highest BCUT2D eigenvalue weighted by molar-refractivity contribution is 6.83. The maximum absolute atomic E-state index is 5.38. The van der Waals surface area contributed by atoms with Gasteiger partial charge in [0.25, 0.3) is 7.28 Å². The molecule has 0 atom stereocenters. The van der Waals surface area contributed by atoms with Crippen LogP contribution in [0.2, 0.25) is 0 Å². The van der Waals surface area contributed by atoms with Gasteiger partial charge in [0.05, 0.1) is 6.61 Å². The van der Waals surface area contributed by atoms with Crippen LogP contribution in [0.15, 0.2) is 35.3 Å². The summed E-state index contributed by atoms with van der Waals surface area (Å²) in [6.45, 7) is 1.68. The van der Waals surface area contributed by atoms with Crippen molar-refractivity contribution >= 4 is 18.5 Å². The first kappa shape index (κ1) is 8.36. The summed E-state index contributed by atoms with van der Waals surface area (Å²) in [4.78, 5) is 4.26. The average Bonchev–Trinajstić information content (AvgIpc) is 2.21. The van der Waals surface area contributed by atoms with E-state index in [1.807, 2.05) is 37.6 Å². The fourth-order valence-corrected chi connectivity index (χ4v) is 1.26. The molecule has 0 unspecified atom stereocenters. The molecule has 1 radical (unpaired) electrons. The molecule has 0 N–H and O–H groups in total. The molecule has 1 aliphatic heterocycles. The summed E-state index contributed by atoms with van der Waals surface area (Å²) in [6, 6.07) is 10.1. The summed E-state index contributed by atoms with van der Waals surface area (Å²) in [5.74, 6) is 0.762. The first-order chi connectivity index (χ1) is 6.45. The third-order valence-corrected chi connectivity index (χ3v) is 1.91. The fraction of sp³-hybridized carbons (Fsp3) is 0.300. The van der Waals surface area contributed by atoms with Crippen LogP contribution < -0.4 is 5.46 Å². The molecule has 0 saturated carbocycles. The highest BCUT2D eigenvalue weighted by Crippen LogP contribution is 1.95. The molecule has 0 bridgehead atoms. The minimum atomic E-state index is 0.762. The lowest BCUT2D eigenvalue weighted by molar-refractivity contribution is 0.291. The van der Waals surface area contributed by atoms with E-state index in [9.17, 15) is 0 Å². The zero-order valence-corrected chi connectivity index (χ0v) is 7.44. The largest absolute Gasteiger partial charge is 0.490 e. The molecule has 0 fully saturated rings. The molecule has 3 heteroatoms. The number of benzene rings is 1. The maximum Gasteiger partial charge on any atom is 0.266 e. The standard InChI is InChI=1S/C10H11BNO/c1-2-5-9(6-3-1)11-10-12-7-4-8-13-10/h1-3,5-6H,4,7-8H2. The molecule has 1 heterocycles. The molecule has 0 amide bonds. The number of ether oxygens (including phenoxy) is 1. The molecule has 1 aliphatic rings. The van der Waals surface area contributed by atoms with Gasteiger partial charge in [0, 0.05) is 13.0 Å². The van der Waals surface area contributed by atoms with Gasteiger partial charge in [-0.25, -0.2) is 0 Å². The molecular weight excluding hydrogens is 161 g/mol. The highest BCUT2D eigenvalue weighted by Gasteiger charge is 2.07. The number of hydrogen-bond donors (Lipinski definition) is 0. The zero-order chi connectivity index (χ0) is 8.93.